The predicted molar refractivity (Wildman–Crippen MR) is 89.6 cm³/mol. The summed E-state index contributed by atoms with van der Waals surface area (Å²) in [5.74, 6) is 6.32. The van der Waals surface area contributed by atoms with Crippen LogP contribution >= 0.6 is 0 Å². The summed E-state index contributed by atoms with van der Waals surface area (Å²) in [4.78, 5) is 0. The second-order valence-corrected chi connectivity index (χ2v) is 4.23. The summed E-state index contributed by atoms with van der Waals surface area (Å²) in [6.07, 6.45) is 0. The Morgan fingerprint density at radius 3 is 1.61 bits per heavy atom. The SMILES string of the molecule is CO[C](=[Cr])c1ccccc1C#Cc1ccccc1.[C-]#[O+].[C-]#[O+].[C-]#[O+].[C-]#[O+].[C-]#[O+]. The summed E-state index contributed by atoms with van der Waals surface area (Å²) in [6.45, 7) is 22.5. The first-order valence-electron chi connectivity index (χ1n) is 6.58. The van der Waals surface area contributed by atoms with Crippen molar-refractivity contribution in [3.05, 3.63) is 105 Å². The van der Waals surface area contributed by atoms with Gasteiger partial charge in [-0.05, 0) is 0 Å². The first-order chi connectivity index (χ1) is 13.8. The molecule has 0 aliphatic heterocycles. The Morgan fingerprint density at radius 1 is 0.714 bits per heavy atom. The minimum atomic E-state index is 0.757. The van der Waals surface area contributed by atoms with Crippen molar-refractivity contribution in [3.63, 3.8) is 0 Å². The first-order valence-corrected chi connectivity index (χ1v) is 7.21. The van der Waals surface area contributed by atoms with Crippen LogP contribution in [-0.2, 0) is 43.8 Å². The van der Waals surface area contributed by atoms with Crippen molar-refractivity contribution in [3.8, 4) is 11.8 Å². The molecule has 0 fully saturated rings. The van der Waals surface area contributed by atoms with E-state index in [0.29, 0.717) is 0 Å². The molecule has 0 radical (unpaired) electrons. The summed E-state index contributed by atoms with van der Waals surface area (Å²) in [7, 11) is 1.65. The standard InChI is InChI=1S/C16H12O.5CO.Cr/c1-17-13-16-10-6-5-9-15(16)12-11-14-7-3-2-4-8-14;5*1-2;/h2-10H,1H3;;;;;;. The van der Waals surface area contributed by atoms with E-state index in [-0.39, 0.29) is 0 Å². The Kier molecular flexibility index (Phi) is 33.7. The molecule has 7 heteroatoms. The van der Waals surface area contributed by atoms with E-state index >= 15 is 0 Å². The van der Waals surface area contributed by atoms with E-state index in [9.17, 15) is 0 Å². The Labute approximate surface area is 172 Å². The van der Waals surface area contributed by atoms with Crippen LogP contribution in [0, 0.1) is 45.1 Å². The van der Waals surface area contributed by atoms with Crippen molar-refractivity contribution in [2.45, 2.75) is 0 Å². The van der Waals surface area contributed by atoms with Crippen molar-refractivity contribution in [1.29, 1.82) is 0 Å². The van der Waals surface area contributed by atoms with Gasteiger partial charge in [-0.3, -0.25) is 0 Å². The van der Waals surface area contributed by atoms with Crippen molar-refractivity contribution < 1.29 is 43.8 Å². The van der Waals surface area contributed by atoms with Crippen LogP contribution < -0.4 is 0 Å². The molecule has 2 rings (SSSR count). The Balaban J connectivity index is -0.000000251. The summed E-state index contributed by atoms with van der Waals surface area (Å²) in [5, 5.41) is 0. The van der Waals surface area contributed by atoms with E-state index in [1.807, 2.05) is 54.6 Å². The van der Waals surface area contributed by atoms with Crippen molar-refractivity contribution >= 4 is 4.57 Å². The van der Waals surface area contributed by atoms with E-state index in [4.69, 9.17) is 28.0 Å². The molecule has 2 aromatic rings. The van der Waals surface area contributed by atoms with E-state index in [1.54, 1.807) is 7.11 Å². The Morgan fingerprint density at radius 2 is 1.14 bits per heavy atom. The predicted octanol–water partition coefficient (Wildman–Crippen LogP) is 2.57. The van der Waals surface area contributed by atoms with Crippen LogP contribution in [0.4, 0.5) is 0 Å². The van der Waals surface area contributed by atoms with E-state index in [1.165, 1.54) is 0 Å². The van der Waals surface area contributed by atoms with Gasteiger partial charge < -0.3 is 0 Å². The fourth-order valence-corrected chi connectivity index (χ4v) is 1.82. The zero-order valence-corrected chi connectivity index (χ0v) is 15.8. The van der Waals surface area contributed by atoms with Gasteiger partial charge in [0.2, 0.25) is 0 Å². The average Bonchev–Trinajstić information content (AvgIpc) is 2.84. The van der Waals surface area contributed by atoms with Gasteiger partial charge in [-0.2, -0.15) is 0 Å². The van der Waals surface area contributed by atoms with Crippen LogP contribution in [0.25, 0.3) is 0 Å². The molecule has 0 N–H and O–H groups in total. The maximum atomic E-state index is 7.50. The molecule has 138 valence electrons. The number of ether oxygens (including phenoxy) is 1. The molecule has 0 amide bonds. The van der Waals surface area contributed by atoms with Crippen molar-refractivity contribution in [1.82, 2.24) is 0 Å². The molecule has 0 bridgehead atoms. The molecule has 28 heavy (non-hydrogen) atoms. The third kappa shape index (κ3) is 15.3. The molecule has 0 aliphatic rings. The summed E-state index contributed by atoms with van der Waals surface area (Å²) >= 11 is 2.91. The third-order valence-corrected chi connectivity index (χ3v) is 3.05. The van der Waals surface area contributed by atoms with Gasteiger partial charge in [0, 0.05) is 0 Å². The van der Waals surface area contributed by atoms with Gasteiger partial charge >= 0.3 is 172 Å². The number of hydrogen-bond acceptors (Lipinski definition) is 1. The summed E-state index contributed by atoms with van der Waals surface area (Å²) in [6, 6.07) is 17.9. The Hall–Kier alpha value is -2.94. The molecular weight excluding hydrogens is 400 g/mol. The second kappa shape index (κ2) is 28.8. The first kappa shape index (κ1) is 32.7. The van der Waals surface area contributed by atoms with E-state index < -0.39 is 0 Å². The minimum absolute atomic E-state index is 0.757. The van der Waals surface area contributed by atoms with Gasteiger partial charge in [-0.15, -0.1) is 0 Å². The van der Waals surface area contributed by atoms with Gasteiger partial charge in [0.1, 0.15) is 0 Å². The molecule has 0 saturated carbocycles. The normalized spacial score (nSPS) is 6.39. The molecule has 0 spiro atoms. The number of hydrogen-bond donors (Lipinski definition) is 0. The van der Waals surface area contributed by atoms with Crippen LogP contribution in [0.1, 0.15) is 16.7 Å². The van der Waals surface area contributed by atoms with Crippen LogP contribution in [-0.4, -0.2) is 11.7 Å². The molecule has 2 aromatic carbocycles. The number of benzene rings is 2. The van der Waals surface area contributed by atoms with Gasteiger partial charge in [-0.25, -0.2) is 0 Å². The molecule has 0 aromatic heterocycles. The number of rotatable bonds is 2. The molecule has 0 aliphatic carbocycles. The third-order valence-electron chi connectivity index (χ3n) is 2.45. The molecule has 0 saturated heterocycles. The molecule has 0 atom stereocenters. The Bertz CT molecular complexity index is 786. The van der Waals surface area contributed by atoms with Gasteiger partial charge in [0.15, 0.2) is 0 Å². The van der Waals surface area contributed by atoms with Gasteiger partial charge in [0.25, 0.3) is 0 Å². The zero-order valence-electron chi connectivity index (χ0n) is 14.6. The fraction of sp³-hybridized carbons (Fsp3) is 0.0476. The van der Waals surface area contributed by atoms with Gasteiger partial charge in [0.05, 0.1) is 0 Å². The fourth-order valence-electron chi connectivity index (χ4n) is 1.54. The maximum absolute atomic E-state index is 7.50. The van der Waals surface area contributed by atoms with E-state index in [0.717, 1.165) is 21.3 Å². The van der Waals surface area contributed by atoms with Crippen molar-refractivity contribution in [2.75, 3.05) is 7.11 Å². The molecular formula is C21H12CrO6. The second-order valence-electron chi connectivity index (χ2n) is 3.65. The number of methoxy groups -OCH3 is 1. The molecule has 0 unspecified atom stereocenters. The average molecular weight is 412 g/mol. The molecule has 0 heterocycles. The molecule has 6 nitrogen and oxygen atoms in total. The van der Waals surface area contributed by atoms with E-state index in [2.05, 4.69) is 60.9 Å². The van der Waals surface area contributed by atoms with Gasteiger partial charge in [-0.1, -0.05) is 0 Å². The quantitative estimate of drug-likeness (QED) is 0.422. The monoisotopic (exact) mass is 412 g/mol. The van der Waals surface area contributed by atoms with Crippen LogP contribution in [0.15, 0.2) is 54.6 Å². The summed E-state index contributed by atoms with van der Waals surface area (Å²) in [5.41, 5.74) is 2.95. The van der Waals surface area contributed by atoms with Crippen LogP contribution in [0.5, 0.6) is 0 Å². The summed E-state index contributed by atoms with van der Waals surface area (Å²) < 4.78 is 43.5. The van der Waals surface area contributed by atoms with Crippen LogP contribution in [0.3, 0.4) is 0 Å². The zero-order chi connectivity index (χ0) is 22.8. The van der Waals surface area contributed by atoms with Crippen molar-refractivity contribution in [2.24, 2.45) is 0 Å². The topological polar surface area (TPSA) is 109 Å². The van der Waals surface area contributed by atoms with Crippen LogP contribution in [0.2, 0.25) is 0 Å².